The van der Waals surface area contributed by atoms with E-state index in [1.54, 1.807) is 6.07 Å². The molecule has 4 aromatic rings. The van der Waals surface area contributed by atoms with Gasteiger partial charge in [-0.1, -0.05) is 48.0 Å². The zero-order valence-corrected chi connectivity index (χ0v) is 18.2. The minimum Gasteiger partial charge on any atom is -0.496 e. The van der Waals surface area contributed by atoms with Crippen molar-refractivity contribution in [2.24, 2.45) is 0 Å². The third-order valence-corrected chi connectivity index (χ3v) is 5.62. The maximum atomic E-state index is 12.8. The van der Waals surface area contributed by atoms with Crippen molar-refractivity contribution in [2.75, 3.05) is 12.4 Å². The van der Waals surface area contributed by atoms with Crippen LogP contribution in [0.15, 0.2) is 66.0 Å². The number of aromatic nitrogens is 1. The predicted octanol–water partition coefficient (Wildman–Crippen LogP) is 5.75. The Kier molecular flexibility index (Phi) is 5.94. The van der Waals surface area contributed by atoms with Gasteiger partial charge < -0.3 is 10.1 Å². The standard InChI is InChI=1S/C22H16ClN3O2S2/c1-28-19-11-15-5-3-2-4-14(15)10-17(19)20(27)25-21(29)26-22-24-18(12-30-22)13-6-8-16(23)9-7-13/h2-12H,1H3,(H2,24,25,26,27,29). The number of amides is 1. The monoisotopic (exact) mass is 453 g/mol. The fourth-order valence-electron chi connectivity index (χ4n) is 2.95. The zero-order valence-electron chi connectivity index (χ0n) is 15.8. The van der Waals surface area contributed by atoms with Crippen LogP contribution in [0.1, 0.15) is 10.4 Å². The third-order valence-electron chi connectivity index (χ3n) is 4.40. The van der Waals surface area contributed by atoms with Crippen LogP contribution in [0, 0.1) is 0 Å². The Morgan fingerprint density at radius 3 is 2.50 bits per heavy atom. The van der Waals surface area contributed by atoms with Gasteiger partial charge in [-0.15, -0.1) is 11.3 Å². The molecule has 2 N–H and O–H groups in total. The maximum absolute atomic E-state index is 12.8. The number of anilines is 1. The number of benzene rings is 3. The van der Waals surface area contributed by atoms with Crippen molar-refractivity contribution in [2.45, 2.75) is 0 Å². The molecular weight excluding hydrogens is 438 g/mol. The highest BCUT2D eigenvalue weighted by Crippen LogP contribution is 2.27. The lowest BCUT2D eigenvalue weighted by Crippen LogP contribution is -2.34. The first kappa shape index (κ1) is 20.3. The molecule has 0 aliphatic rings. The van der Waals surface area contributed by atoms with Crippen LogP contribution in [0.25, 0.3) is 22.0 Å². The first-order chi connectivity index (χ1) is 14.5. The lowest BCUT2D eigenvalue weighted by molar-refractivity contribution is 0.0975. The molecule has 8 heteroatoms. The summed E-state index contributed by atoms with van der Waals surface area (Å²) in [5.74, 6) is 0.123. The highest BCUT2D eigenvalue weighted by Gasteiger charge is 2.16. The van der Waals surface area contributed by atoms with Gasteiger partial charge in [0, 0.05) is 16.0 Å². The molecule has 3 aromatic carbocycles. The van der Waals surface area contributed by atoms with E-state index in [4.69, 9.17) is 28.6 Å². The van der Waals surface area contributed by atoms with Gasteiger partial charge in [-0.2, -0.15) is 0 Å². The summed E-state index contributed by atoms with van der Waals surface area (Å²) in [6, 6.07) is 18.8. The summed E-state index contributed by atoms with van der Waals surface area (Å²) in [4.78, 5) is 17.3. The van der Waals surface area contributed by atoms with Crippen LogP contribution < -0.4 is 15.4 Å². The minimum atomic E-state index is -0.357. The fourth-order valence-corrected chi connectivity index (χ4v) is 4.05. The summed E-state index contributed by atoms with van der Waals surface area (Å²) >= 11 is 12.6. The second-order valence-electron chi connectivity index (χ2n) is 6.35. The van der Waals surface area contributed by atoms with Gasteiger partial charge in [-0.05, 0) is 47.3 Å². The molecule has 0 fully saturated rings. The van der Waals surface area contributed by atoms with Crippen molar-refractivity contribution < 1.29 is 9.53 Å². The van der Waals surface area contributed by atoms with E-state index >= 15 is 0 Å². The van der Waals surface area contributed by atoms with Gasteiger partial charge in [0.05, 0.1) is 18.4 Å². The van der Waals surface area contributed by atoms with E-state index in [1.807, 2.05) is 60.0 Å². The van der Waals surface area contributed by atoms with Crippen LogP contribution in [0.5, 0.6) is 5.75 Å². The number of nitrogens with one attached hydrogen (secondary N) is 2. The quantitative estimate of drug-likeness (QED) is 0.385. The molecule has 0 saturated heterocycles. The van der Waals surface area contributed by atoms with Crippen LogP contribution in [0.3, 0.4) is 0 Å². The number of thiocarbonyl (C=S) groups is 1. The highest BCUT2D eigenvalue weighted by atomic mass is 35.5. The summed E-state index contributed by atoms with van der Waals surface area (Å²) in [7, 11) is 1.53. The number of ether oxygens (including phenoxy) is 1. The number of fused-ring (bicyclic) bond motifs is 1. The smallest absolute Gasteiger partial charge is 0.261 e. The maximum Gasteiger partial charge on any atom is 0.261 e. The van der Waals surface area contributed by atoms with Crippen molar-refractivity contribution >= 4 is 62.1 Å². The lowest BCUT2D eigenvalue weighted by atomic mass is 10.1. The molecule has 0 bridgehead atoms. The van der Waals surface area contributed by atoms with Gasteiger partial charge >= 0.3 is 0 Å². The SMILES string of the molecule is COc1cc2ccccc2cc1C(=O)NC(=S)Nc1nc(-c2ccc(Cl)cc2)cs1. The van der Waals surface area contributed by atoms with Crippen LogP contribution in [0.4, 0.5) is 5.13 Å². The number of halogens is 1. The van der Waals surface area contributed by atoms with Gasteiger partial charge in [0.2, 0.25) is 0 Å². The highest BCUT2D eigenvalue weighted by molar-refractivity contribution is 7.80. The number of carbonyl (C=O) groups excluding carboxylic acids is 1. The van der Waals surface area contributed by atoms with Gasteiger partial charge in [0.25, 0.3) is 5.91 Å². The average Bonchev–Trinajstić information content (AvgIpc) is 3.21. The summed E-state index contributed by atoms with van der Waals surface area (Å²) in [6.45, 7) is 0. The van der Waals surface area contributed by atoms with Crippen molar-refractivity contribution in [3.63, 3.8) is 0 Å². The summed E-state index contributed by atoms with van der Waals surface area (Å²) < 4.78 is 5.39. The molecule has 0 saturated carbocycles. The van der Waals surface area contributed by atoms with Crippen molar-refractivity contribution in [3.8, 4) is 17.0 Å². The van der Waals surface area contributed by atoms with Crippen LogP contribution >= 0.6 is 35.2 Å². The van der Waals surface area contributed by atoms with E-state index in [-0.39, 0.29) is 11.0 Å². The molecule has 1 amide bonds. The van der Waals surface area contributed by atoms with E-state index in [1.165, 1.54) is 18.4 Å². The number of nitrogens with zero attached hydrogens (tertiary/aromatic N) is 1. The van der Waals surface area contributed by atoms with Crippen molar-refractivity contribution in [3.05, 3.63) is 76.6 Å². The number of methoxy groups -OCH3 is 1. The first-order valence-electron chi connectivity index (χ1n) is 8.94. The van der Waals surface area contributed by atoms with E-state index in [0.29, 0.717) is 21.5 Å². The first-order valence-corrected chi connectivity index (χ1v) is 10.6. The Balaban J connectivity index is 1.47. The molecule has 0 spiro atoms. The second-order valence-corrected chi connectivity index (χ2v) is 8.06. The number of rotatable bonds is 4. The summed E-state index contributed by atoms with van der Waals surface area (Å²) in [5.41, 5.74) is 2.14. The Labute approximate surface area is 187 Å². The number of thiazole rings is 1. The molecule has 5 nitrogen and oxygen atoms in total. The number of carbonyl (C=O) groups is 1. The molecule has 4 rings (SSSR count). The average molecular weight is 454 g/mol. The fraction of sp³-hybridized carbons (Fsp3) is 0.0455. The molecule has 150 valence electrons. The number of hydrogen-bond donors (Lipinski definition) is 2. The predicted molar refractivity (Wildman–Crippen MR) is 127 cm³/mol. The molecule has 0 unspecified atom stereocenters. The topological polar surface area (TPSA) is 63.2 Å². The third kappa shape index (κ3) is 4.43. The van der Waals surface area contributed by atoms with E-state index in [9.17, 15) is 4.79 Å². The molecule has 0 aliphatic carbocycles. The van der Waals surface area contributed by atoms with Gasteiger partial charge in [0.15, 0.2) is 10.2 Å². The van der Waals surface area contributed by atoms with E-state index in [0.717, 1.165) is 22.0 Å². The molecule has 30 heavy (non-hydrogen) atoms. The Morgan fingerprint density at radius 2 is 1.80 bits per heavy atom. The molecule has 0 atom stereocenters. The Bertz CT molecular complexity index is 1240. The molecule has 0 aliphatic heterocycles. The van der Waals surface area contributed by atoms with E-state index in [2.05, 4.69) is 15.6 Å². The van der Waals surface area contributed by atoms with Crippen molar-refractivity contribution in [1.29, 1.82) is 0 Å². The van der Waals surface area contributed by atoms with Crippen LogP contribution in [-0.4, -0.2) is 23.1 Å². The Morgan fingerprint density at radius 1 is 1.10 bits per heavy atom. The second kappa shape index (κ2) is 8.79. The Hall–Kier alpha value is -3.00. The summed E-state index contributed by atoms with van der Waals surface area (Å²) in [6.07, 6.45) is 0. The van der Waals surface area contributed by atoms with Crippen molar-refractivity contribution in [1.82, 2.24) is 10.3 Å². The minimum absolute atomic E-state index is 0.159. The normalized spacial score (nSPS) is 10.6. The molecule has 0 radical (unpaired) electrons. The molecular formula is C22H16ClN3O2S2. The number of hydrogen-bond acceptors (Lipinski definition) is 5. The van der Waals surface area contributed by atoms with Gasteiger partial charge in [0.1, 0.15) is 5.75 Å². The zero-order chi connectivity index (χ0) is 21.1. The van der Waals surface area contributed by atoms with Gasteiger partial charge in [-0.3, -0.25) is 10.1 Å². The van der Waals surface area contributed by atoms with Gasteiger partial charge in [-0.25, -0.2) is 4.98 Å². The van der Waals surface area contributed by atoms with Crippen LogP contribution in [0.2, 0.25) is 5.02 Å². The van der Waals surface area contributed by atoms with Crippen LogP contribution in [-0.2, 0) is 0 Å². The molecule has 1 aromatic heterocycles. The summed E-state index contributed by atoms with van der Waals surface area (Å²) in [5, 5.41) is 10.9. The largest absolute Gasteiger partial charge is 0.496 e. The van der Waals surface area contributed by atoms with E-state index < -0.39 is 0 Å². The lowest BCUT2D eigenvalue weighted by Gasteiger charge is -2.12. The molecule has 1 heterocycles.